The Morgan fingerprint density at radius 1 is 1.32 bits per heavy atom. The number of piperidine rings is 1. The summed E-state index contributed by atoms with van der Waals surface area (Å²) in [4.78, 5) is 15.3. The van der Waals surface area contributed by atoms with Gasteiger partial charge >= 0.3 is 0 Å². The number of aromatic nitrogens is 2. The Kier molecular flexibility index (Phi) is 6.37. The highest BCUT2D eigenvalue weighted by Gasteiger charge is 2.35. The highest BCUT2D eigenvalue weighted by molar-refractivity contribution is 6.31. The SMILES string of the molecule is Cc1ccc(-n2ncc(C(=O)N3CCCC(C(C)N)C3)c2C2CC2)cc1Cl.Cl. The Morgan fingerprint density at radius 2 is 2.07 bits per heavy atom. The van der Waals surface area contributed by atoms with Gasteiger partial charge < -0.3 is 10.6 Å². The van der Waals surface area contributed by atoms with Crippen molar-refractivity contribution >= 4 is 29.9 Å². The first kappa shape index (κ1) is 21.2. The number of benzene rings is 1. The molecule has 152 valence electrons. The van der Waals surface area contributed by atoms with Gasteiger partial charge in [-0.25, -0.2) is 4.68 Å². The van der Waals surface area contributed by atoms with Crippen LogP contribution in [0.4, 0.5) is 0 Å². The first-order valence-corrected chi connectivity index (χ1v) is 10.2. The van der Waals surface area contributed by atoms with E-state index < -0.39 is 0 Å². The van der Waals surface area contributed by atoms with Crippen LogP contribution >= 0.6 is 24.0 Å². The van der Waals surface area contributed by atoms with Gasteiger partial charge in [-0.05, 0) is 63.1 Å². The molecule has 1 aromatic heterocycles. The molecule has 1 saturated carbocycles. The molecule has 2 aliphatic rings. The highest BCUT2D eigenvalue weighted by Crippen LogP contribution is 2.43. The zero-order chi connectivity index (χ0) is 19.1. The summed E-state index contributed by atoms with van der Waals surface area (Å²) in [5, 5.41) is 5.29. The van der Waals surface area contributed by atoms with Crippen LogP contribution < -0.4 is 5.73 Å². The lowest BCUT2D eigenvalue weighted by molar-refractivity contribution is 0.0659. The second-order valence-corrected chi connectivity index (χ2v) is 8.48. The van der Waals surface area contributed by atoms with E-state index in [0.29, 0.717) is 16.9 Å². The summed E-state index contributed by atoms with van der Waals surface area (Å²) in [5.74, 6) is 0.866. The van der Waals surface area contributed by atoms with Crippen molar-refractivity contribution in [3.8, 4) is 5.69 Å². The number of nitrogens with zero attached hydrogens (tertiary/aromatic N) is 3. The van der Waals surface area contributed by atoms with E-state index in [9.17, 15) is 4.79 Å². The largest absolute Gasteiger partial charge is 0.338 e. The van der Waals surface area contributed by atoms with Gasteiger partial charge in [0, 0.05) is 30.1 Å². The molecule has 5 nitrogen and oxygen atoms in total. The zero-order valence-corrected chi connectivity index (χ0v) is 18.0. The van der Waals surface area contributed by atoms with Crippen molar-refractivity contribution in [2.24, 2.45) is 11.7 Å². The molecule has 1 aromatic carbocycles. The molecule has 2 aromatic rings. The maximum atomic E-state index is 13.3. The fourth-order valence-electron chi connectivity index (χ4n) is 3.99. The second-order valence-electron chi connectivity index (χ2n) is 8.08. The van der Waals surface area contributed by atoms with Crippen LogP contribution in [0.25, 0.3) is 5.69 Å². The predicted molar refractivity (Wildman–Crippen MR) is 115 cm³/mol. The molecule has 4 rings (SSSR count). The number of carbonyl (C=O) groups excluding carboxylic acids is 1. The van der Waals surface area contributed by atoms with Gasteiger partial charge in [0.05, 0.1) is 23.1 Å². The number of nitrogens with two attached hydrogens (primary N) is 1. The summed E-state index contributed by atoms with van der Waals surface area (Å²) in [6.45, 7) is 5.56. The third kappa shape index (κ3) is 4.07. The fourth-order valence-corrected chi connectivity index (χ4v) is 4.16. The van der Waals surface area contributed by atoms with Crippen LogP contribution in [0.5, 0.6) is 0 Å². The Morgan fingerprint density at radius 3 is 2.71 bits per heavy atom. The lowest BCUT2D eigenvalue weighted by atomic mass is 9.92. The van der Waals surface area contributed by atoms with E-state index in [2.05, 4.69) is 5.10 Å². The Balaban J connectivity index is 0.00000225. The highest BCUT2D eigenvalue weighted by atomic mass is 35.5. The van der Waals surface area contributed by atoms with E-state index >= 15 is 0 Å². The van der Waals surface area contributed by atoms with Gasteiger partial charge in [0.25, 0.3) is 5.91 Å². The summed E-state index contributed by atoms with van der Waals surface area (Å²) in [6, 6.07) is 6.05. The smallest absolute Gasteiger partial charge is 0.257 e. The minimum absolute atomic E-state index is 0. The standard InChI is InChI=1S/C21H27ClN4O.ClH/c1-13-5-8-17(10-19(13)22)26-20(15-6-7-15)18(11-24-26)21(27)25-9-3-4-16(12-25)14(2)23;/h5,8,10-11,14-16H,3-4,6-7,9,12,23H2,1-2H3;1H. The fraction of sp³-hybridized carbons (Fsp3) is 0.524. The second kappa shape index (κ2) is 8.44. The molecule has 1 aliphatic heterocycles. The molecule has 1 amide bonds. The molecule has 2 heterocycles. The molecule has 0 spiro atoms. The summed E-state index contributed by atoms with van der Waals surface area (Å²) >= 11 is 6.32. The van der Waals surface area contributed by atoms with Crippen molar-refractivity contribution in [1.29, 1.82) is 0 Å². The van der Waals surface area contributed by atoms with Crippen LogP contribution in [-0.4, -0.2) is 39.7 Å². The maximum Gasteiger partial charge on any atom is 0.257 e. The third-order valence-electron chi connectivity index (χ3n) is 5.89. The Hall–Kier alpha value is -1.56. The summed E-state index contributed by atoms with van der Waals surface area (Å²) in [5.41, 5.74) is 9.81. The van der Waals surface area contributed by atoms with Gasteiger partial charge in [-0.15, -0.1) is 12.4 Å². The number of carbonyl (C=O) groups is 1. The quantitative estimate of drug-likeness (QED) is 0.796. The molecule has 7 heteroatoms. The molecular formula is C21H28Cl2N4O. The lowest BCUT2D eigenvalue weighted by Crippen LogP contribution is -2.45. The number of aryl methyl sites for hydroxylation is 1. The molecular weight excluding hydrogens is 395 g/mol. The normalized spacial score (nSPS) is 20.6. The van der Waals surface area contributed by atoms with Crippen molar-refractivity contribution in [3.05, 3.63) is 46.2 Å². The average Bonchev–Trinajstić information content (AvgIpc) is 3.41. The van der Waals surface area contributed by atoms with Crippen LogP contribution in [0, 0.1) is 12.8 Å². The molecule has 2 unspecified atom stereocenters. The van der Waals surface area contributed by atoms with Crippen molar-refractivity contribution in [2.75, 3.05) is 13.1 Å². The third-order valence-corrected chi connectivity index (χ3v) is 6.30. The van der Waals surface area contributed by atoms with Crippen molar-refractivity contribution < 1.29 is 4.79 Å². The minimum atomic E-state index is 0. The zero-order valence-electron chi connectivity index (χ0n) is 16.4. The number of rotatable bonds is 4. The number of hydrogen-bond donors (Lipinski definition) is 1. The van der Waals surface area contributed by atoms with Crippen LogP contribution in [-0.2, 0) is 0 Å². The number of amides is 1. The molecule has 0 radical (unpaired) electrons. The van der Waals surface area contributed by atoms with E-state index in [4.69, 9.17) is 17.3 Å². The minimum Gasteiger partial charge on any atom is -0.338 e. The predicted octanol–water partition coefficient (Wildman–Crippen LogP) is 4.33. The molecule has 2 N–H and O–H groups in total. The van der Waals surface area contributed by atoms with Crippen LogP contribution in [0.1, 0.15) is 60.1 Å². The van der Waals surface area contributed by atoms with Crippen LogP contribution in [0.3, 0.4) is 0 Å². The first-order chi connectivity index (χ1) is 13.0. The van der Waals surface area contributed by atoms with Crippen LogP contribution in [0.15, 0.2) is 24.4 Å². The van der Waals surface area contributed by atoms with Gasteiger partial charge in [-0.1, -0.05) is 17.7 Å². The van der Waals surface area contributed by atoms with Crippen molar-refractivity contribution in [1.82, 2.24) is 14.7 Å². The summed E-state index contributed by atoms with van der Waals surface area (Å²) < 4.78 is 1.91. The van der Waals surface area contributed by atoms with Gasteiger partial charge in [-0.2, -0.15) is 5.10 Å². The van der Waals surface area contributed by atoms with Crippen molar-refractivity contribution in [2.45, 2.75) is 51.5 Å². The number of halogens is 2. The van der Waals surface area contributed by atoms with Crippen LogP contribution in [0.2, 0.25) is 5.02 Å². The summed E-state index contributed by atoms with van der Waals surface area (Å²) in [6.07, 6.45) is 6.05. The maximum absolute atomic E-state index is 13.3. The first-order valence-electron chi connectivity index (χ1n) is 9.85. The molecule has 1 saturated heterocycles. The monoisotopic (exact) mass is 422 g/mol. The van der Waals surface area contributed by atoms with Gasteiger partial charge in [0.1, 0.15) is 0 Å². The lowest BCUT2D eigenvalue weighted by Gasteiger charge is -2.34. The van der Waals surface area contributed by atoms with E-state index in [-0.39, 0.29) is 24.4 Å². The summed E-state index contributed by atoms with van der Waals surface area (Å²) in [7, 11) is 0. The molecule has 28 heavy (non-hydrogen) atoms. The average molecular weight is 423 g/mol. The Labute approximate surface area is 177 Å². The van der Waals surface area contributed by atoms with Crippen molar-refractivity contribution in [3.63, 3.8) is 0 Å². The van der Waals surface area contributed by atoms with Gasteiger partial charge in [0.2, 0.25) is 0 Å². The molecule has 1 aliphatic carbocycles. The Bertz CT molecular complexity index is 860. The number of likely N-dealkylation sites (tertiary alicyclic amines) is 1. The van der Waals surface area contributed by atoms with Gasteiger partial charge in [-0.3, -0.25) is 4.79 Å². The molecule has 2 atom stereocenters. The molecule has 2 fully saturated rings. The number of hydrogen-bond acceptors (Lipinski definition) is 3. The van der Waals surface area contributed by atoms with E-state index in [1.165, 1.54) is 0 Å². The molecule has 0 bridgehead atoms. The van der Waals surface area contributed by atoms with Gasteiger partial charge in [0.15, 0.2) is 0 Å². The van der Waals surface area contributed by atoms with E-state index in [0.717, 1.165) is 61.3 Å². The van der Waals surface area contributed by atoms with E-state index in [1.54, 1.807) is 6.20 Å². The van der Waals surface area contributed by atoms with E-state index in [1.807, 2.05) is 41.6 Å². The topological polar surface area (TPSA) is 64.2 Å².